The second-order valence-electron chi connectivity index (χ2n) is 3.85. The van der Waals surface area contributed by atoms with Gasteiger partial charge in [0.25, 0.3) is 0 Å². The first-order valence-corrected chi connectivity index (χ1v) is 5.62. The van der Waals surface area contributed by atoms with E-state index in [4.69, 9.17) is 5.11 Å². The third-order valence-electron chi connectivity index (χ3n) is 2.12. The number of aliphatic hydroxyl groups excluding tert-OH is 1. The van der Waals surface area contributed by atoms with Crippen molar-refractivity contribution in [2.45, 2.75) is 19.1 Å². The quantitative estimate of drug-likeness (QED) is 0.758. The average Bonchev–Trinajstić information content (AvgIpc) is 2.21. The van der Waals surface area contributed by atoms with Gasteiger partial charge in [0.2, 0.25) is 0 Å². The predicted octanol–water partition coefficient (Wildman–Crippen LogP) is 1.28. The molecular weight excluding hydrogens is 258 g/mol. The molecule has 0 bridgehead atoms. The summed E-state index contributed by atoms with van der Waals surface area (Å²) in [6, 6.07) is 7.90. The standard InChI is InChI=1S/C11H16BrNO2/c1-11(15,8-14)7-13-6-9-4-2-3-5-10(9)12/h2-5,13-15H,6-8H2,1H3. The Morgan fingerprint density at radius 3 is 2.67 bits per heavy atom. The van der Waals surface area contributed by atoms with Crippen molar-refractivity contribution in [3.8, 4) is 0 Å². The van der Waals surface area contributed by atoms with E-state index in [1.165, 1.54) is 0 Å². The lowest BCUT2D eigenvalue weighted by molar-refractivity contribution is 0.00253. The lowest BCUT2D eigenvalue weighted by atomic mass is 10.1. The fourth-order valence-corrected chi connectivity index (χ4v) is 1.59. The molecule has 0 radical (unpaired) electrons. The molecule has 1 unspecified atom stereocenters. The molecule has 0 spiro atoms. The monoisotopic (exact) mass is 273 g/mol. The van der Waals surface area contributed by atoms with Crippen LogP contribution >= 0.6 is 15.9 Å². The molecule has 0 saturated heterocycles. The van der Waals surface area contributed by atoms with Crippen molar-refractivity contribution >= 4 is 15.9 Å². The Labute approximate surface area is 98.3 Å². The van der Waals surface area contributed by atoms with Crippen LogP contribution in [-0.4, -0.2) is 29.0 Å². The third-order valence-corrected chi connectivity index (χ3v) is 2.89. The molecule has 0 aromatic heterocycles. The van der Waals surface area contributed by atoms with Crippen molar-refractivity contribution in [3.05, 3.63) is 34.3 Å². The van der Waals surface area contributed by atoms with E-state index in [2.05, 4.69) is 21.2 Å². The second kappa shape index (κ2) is 5.61. The number of aliphatic hydroxyl groups is 2. The summed E-state index contributed by atoms with van der Waals surface area (Å²) in [5.41, 5.74) is 0.0765. The van der Waals surface area contributed by atoms with E-state index in [1.54, 1.807) is 6.92 Å². The van der Waals surface area contributed by atoms with Gasteiger partial charge in [0, 0.05) is 17.6 Å². The van der Waals surface area contributed by atoms with Crippen LogP contribution in [0.2, 0.25) is 0 Å². The molecule has 0 aliphatic heterocycles. The fourth-order valence-electron chi connectivity index (χ4n) is 1.16. The molecule has 15 heavy (non-hydrogen) atoms. The minimum Gasteiger partial charge on any atom is -0.393 e. The third kappa shape index (κ3) is 4.30. The summed E-state index contributed by atoms with van der Waals surface area (Å²) < 4.78 is 1.04. The van der Waals surface area contributed by atoms with Gasteiger partial charge in [-0.1, -0.05) is 34.1 Å². The molecular formula is C11H16BrNO2. The molecule has 1 rings (SSSR count). The van der Waals surface area contributed by atoms with E-state index in [9.17, 15) is 5.11 Å². The Bertz CT molecular complexity index is 315. The lowest BCUT2D eigenvalue weighted by Gasteiger charge is -2.20. The largest absolute Gasteiger partial charge is 0.393 e. The van der Waals surface area contributed by atoms with Gasteiger partial charge in [-0.25, -0.2) is 0 Å². The Hall–Kier alpha value is -0.420. The maximum absolute atomic E-state index is 9.55. The summed E-state index contributed by atoms with van der Waals surface area (Å²) in [5, 5.41) is 21.5. The molecule has 0 saturated carbocycles. The highest BCUT2D eigenvalue weighted by Crippen LogP contribution is 2.15. The summed E-state index contributed by atoms with van der Waals surface area (Å²) in [4.78, 5) is 0. The Kier molecular flexibility index (Phi) is 4.73. The van der Waals surface area contributed by atoms with Crippen LogP contribution in [0.15, 0.2) is 28.7 Å². The summed E-state index contributed by atoms with van der Waals surface area (Å²) in [6.45, 7) is 2.39. The van der Waals surface area contributed by atoms with Crippen LogP contribution in [0.4, 0.5) is 0 Å². The second-order valence-corrected chi connectivity index (χ2v) is 4.70. The van der Waals surface area contributed by atoms with Crippen molar-refractivity contribution in [2.75, 3.05) is 13.2 Å². The first-order chi connectivity index (χ1) is 7.05. The van der Waals surface area contributed by atoms with Crippen molar-refractivity contribution in [1.29, 1.82) is 0 Å². The Morgan fingerprint density at radius 2 is 2.07 bits per heavy atom. The molecule has 0 amide bonds. The zero-order valence-corrected chi connectivity index (χ0v) is 10.3. The summed E-state index contributed by atoms with van der Waals surface area (Å²) in [7, 11) is 0. The van der Waals surface area contributed by atoms with E-state index in [0.717, 1.165) is 10.0 Å². The molecule has 0 heterocycles. The molecule has 1 atom stereocenters. The van der Waals surface area contributed by atoms with Crippen molar-refractivity contribution in [1.82, 2.24) is 5.32 Å². The number of hydrogen-bond donors (Lipinski definition) is 3. The van der Waals surface area contributed by atoms with Crippen LogP contribution in [0.25, 0.3) is 0 Å². The van der Waals surface area contributed by atoms with Crippen LogP contribution in [0.1, 0.15) is 12.5 Å². The number of rotatable bonds is 5. The molecule has 1 aromatic carbocycles. The van der Waals surface area contributed by atoms with E-state index < -0.39 is 5.60 Å². The lowest BCUT2D eigenvalue weighted by Crippen LogP contribution is -2.40. The summed E-state index contributed by atoms with van der Waals surface area (Å²) in [6.07, 6.45) is 0. The van der Waals surface area contributed by atoms with Gasteiger partial charge in [-0.3, -0.25) is 0 Å². The Balaban J connectivity index is 2.42. The van der Waals surface area contributed by atoms with Crippen LogP contribution in [0.3, 0.4) is 0 Å². The van der Waals surface area contributed by atoms with Crippen LogP contribution in [0.5, 0.6) is 0 Å². The first kappa shape index (κ1) is 12.6. The smallest absolute Gasteiger partial charge is 0.0972 e. The van der Waals surface area contributed by atoms with E-state index in [1.807, 2.05) is 24.3 Å². The highest BCUT2D eigenvalue weighted by Gasteiger charge is 2.17. The van der Waals surface area contributed by atoms with Crippen molar-refractivity contribution < 1.29 is 10.2 Å². The van der Waals surface area contributed by atoms with Gasteiger partial charge < -0.3 is 15.5 Å². The maximum atomic E-state index is 9.55. The van der Waals surface area contributed by atoms with E-state index in [0.29, 0.717) is 13.1 Å². The van der Waals surface area contributed by atoms with Crippen molar-refractivity contribution in [2.24, 2.45) is 0 Å². The van der Waals surface area contributed by atoms with E-state index >= 15 is 0 Å². The SMILES string of the molecule is CC(O)(CO)CNCc1ccccc1Br. The highest BCUT2D eigenvalue weighted by molar-refractivity contribution is 9.10. The average molecular weight is 274 g/mol. The topological polar surface area (TPSA) is 52.5 Å². The molecule has 0 fully saturated rings. The minimum atomic E-state index is -1.05. The van der Waals surface area contributed by atoms with Gasteiger partial charge >= 0.3 is 0 Å². The normalized spacial score (nSPS) is 14.9. The fraction of sp³-hybridized carbons (Fsp3) is 0.455. The number of benzene rings is 1. The molecule has 3 N–H and O–H groups in total. The van der Waals surface area contributed by atoms with Gasteiger partial charge in [-0.2, -0.15) is 0 Å². The summed E-state index contributed by atoms with van der Waals surface area (Å²) in [5.74, 6) is 0. The van der Waals surface area contributed by atoms with Crippen molar-refractivity contribution in [3.63, 3.8) is 0 Å². The molecule has 3 nitrogen and oxygen atoms in total. The molecule has 4 heteroatoms. The van der Waals surface area contributed by atoms with Gasteiger partial charge in [0.15, 0.2) is 0 Å². The maximum Gasteiger partial charge on any atom is 0.0972 e. The summed E-state index contributed by atoms with van der Waals surface area (Å²) >= 11 is 3.44. The van der Waals surface area contributed by atoms with E-state index in [-0.39, 0.29) is 6.61 Å². The first-order valence-electron chi connectivity index (χ1n) is 4.82. The molecule has 84 valence electrons. The number of hydrogen-bond acceptors (Lipinski definition) is 3. The van der Waals surface area contributed by atoms with Gasteiger partial charge in [0.1, 0.15) is 0 Å². The zero-order valence-electron chi connectivity index (χ0n) is 8.70. The zero-order chi connectivity index (χ0) is 11.3. The van der Waals surface area contributed by atoms with Crippen LogP contribution in [-0.2, 0) is 6.54 Å². The molecule has 0 aliphatic rings. The van der Waals surface area contributed by atoms with Crippen LogP contribution in [0, 0.1) is 0 Å². The minimum absolute atomic E-state index is 0.240. The Morgan fingerprint density at radius 1 is 1.40 bits per heavy atom. The van der Waals surface area contributed by atoms with Crippen LogP contribution < -0.4 is 5.32 Å². The molecule has 0 aliphatic carbocycles. The van der Waals surface area contributed by atoms with Gasteiger partial charge in [-0.05, 0) is 18.6 Å². The number of nitrogens with one attached hydrogen (secondary N) is 1. The highest BCUT2D eigenvalue weighted by atomic mass is 79.9. The van der Waals surface area contributed by atoms with Gasteiger partial charge in [-0.15, -0.1) is 0 Å². The predicted molar refractivity (Wildman–Crippen MR) is 63.6 cm³/mol. The molecule has 1 aromatic rings. The number of halogens is 1. The van der Waals surface area contributed by atoms with Gasteiger partial charge in [0.05, 0.1) is 12.2 Å².